The zero-order chi connectivity index (χ0) is 11.9. The monoisotopic (exact) mass is 244 g/mol. The molecule has 2 aliphatic rings. The van der Waals surface area contributed by atoms with Gasteiger partial charge in [-0.15, -0.1) is 0 Å². The van der Waals surface area contributed by atoms with Gasteiger partial charge in [0.25, 0.3) is 0 Å². The molecule has 15 heavy (non-hydrogen) atoms. The third-order valence-electron chi connectivity index (χ3n) is 2.07. The van der Waals surface area contributed by atoms with Crippen LogP contribution in [0.15, 0.2) is 0 Å². The van der Waals surface area contributed by atoms with Crippen LogP contribution < -0.4 is 0 Å². The minimum Gasteiger partial charge on any atom is -0.287 e. The Morgan fingerprint density at radius 2 is 1.20 bits per heavy atom. The third kappa shape index (κ3) is 0.838. The first-order valence-electron chi connectivity index (χ1n) is 3.33. The van der Waals surface area contributed by atoms with Gasteiger partial charge in [0.1, 0.15) is 0 Å². The largest absolute Gasteiger partial charge is 0.455 e. The number of hydrogen-bond acceptors (Lipinski definition) is 2. The van der Waals surface area contributed by atoms with Gasteiger partial charge < -0.3 is 0 Å². The lowest BCUT2D eigenvalue weighted by atomic mass is 10.1. The maximum absolute atomic E-state index is 12.8. The van der Waals surface area contributed by atoms with Crippen LogP contribution in [0, 0.1) is 0 Å². The van der Waals surface area contributed by atoms with Crippen molar-refractivity contribution in [3.8, 4) is 0 Å². The standard InChI is InChI=1S/C5F8O2/c6-1-2(7,4(9,10)11)15-5(12,13)3(1,8)14-1. The molecule has 3 unspecified atom stereocenters. The lowest BCUT2D eigenvalue weighted by Crippen LogP contribution is -2.51. The molecule has 2 heterocycles. The van der Waals surface area contributed by atoms with Crippen molar-refractivity contribution in [2.75, 3.05) is 0 Å². The van der Waals surface area contributed by atoms with Gasteiger partial charge in [-0.05, 0) is 0 Å². The maximum atomic E-state index is 12.8. The fourth-order valence-electron chi connectivity index (χ4n) is 1.24. The summed E-state index contributed by atoms with van der Waals surface area (Å²) in [7, 11) is 0. The van der Waals surface area contributed by atoms with E-state index < -0.39 is 29.8 Å². The van der Waals surface area contributed by atoms with Crippen LogP contribution in [0.5, 0.6) is 0 Å². The van der Waals surface area contributed by atoms with E-state index in [1.165, 1.54) is 0 Å². The zero-order valence-electron chi connectivity index (χ0n) is 6.34. The van der Waals surface area contributed by atoms with Crippen LogP contribution in [0.25, 0.3) is 0 Å². The highest BCUT2D eigenvalue weighted by Gasteiger charge is 3.06. The molecule has 0 bridgehead atoms. The number of fused-ring (bicyclic) bond motifs is 1. The summed E-state index contributed by atoms with van der Waals surface area (Å²) in [5.41, 5.74) is 0. The Bertz CT molecular complexity index is 327. The van der Waals surface area contributed by atoms with Crippen LogP contribution in [0.4, 0.5) is 35.1 Å². The van der Waals surface area contributed by atoms with Gasteiger partial charge in [0, 0.05) is 0 Å². The van der Waals surface area contributed by atoms with E-state index in [0.717, 1.165) is 0 Å². The molecule has 10 heteroatoms. The van der Waals surface area contributed by atoms with E-state index in [4.69, 9.17) is 0 Å². The van der Waals surface area contributed by atoms with Crippen LogP contribution in [0.2, 0.25) is 0 Å². The first-order valence-corrected chi connectivity index (χ1v) is 3.33. The summed E-state index contributed by atoms with van der Waals surface area (Å²) in [6.07, 6.45) is -11.5. The predicted molar refractivity (Wildman–Crippen MR) is 24.7 cm³/mol. The fourth-order valence-corrected chi connectivity index (χ4v) is 1.24. The van der Waals surface area contributed by atoms with Gasteiger partial charge in [0.05, 0.1) is 0 Å². The quantitative estimate of drug-likeness (QED) is 0.481. The van der Waals surface area contributed by atoms with E-state index in [-0.39, 0.29) is 0 Å². The van der Waals surface area contributed by atoms with Gasteiger partial charge in [0.15, 0.2) is 0 Å². The first kappa shape index (κ1) is 10.9. The van der Waals surface area contributed by atoms with Crippen molar-refractivity contribution in [3.63, 3.8) is 0 Å². The Hall–Kier alpha value is -0.640. The molecule has 88 valence electrons. The normalized spacial score (nSPS) is 52.8. The summed E-state index contributed by atoms with van der Waals surface area (Å²) in [5.74, 6) is -15.1. The van der Waals surface area contributed by atoms with Gasteiger partial charge >= 0.3 is 29.8 Å². The minimum absolute atomic E-state index is 2.47. The van der Waals surface area contributed by atoms with Crippen molar-refractivity contribution in [2.24, 2.45) is 0 Å². The summed E-state index contributed by atoms with van der Waals surface area (Å²) in [4.78, 5) is 0. The second-order valence-corrected chi connectivity index (χ2v) is 3.00. The van der Waals surface area contributed by atoms with Crippen LogP contribution in [-0.2, 0) is 9.47 Å². The number of alkyl halides is 8. The molecule has 2 aliphatic heterocycles. The predicted octanol–water partition coefficient (Wildman–Crippen LogP) is 2.20. The highest BCUT2D eigenvalue weighted by Crippen LogP contribution is 2.74. The van der Waals surface area contributed by atoms with Crippen molar-refractivity contribution in [1.82, 2.24) is 0 Å². The molecule has 0 spiro atoms. The van der Waals surface area contributed by atoms with Gasteiger partial charge in [-0.1, -0.05) is 0 Å². The number of halogens is 8. The average Bonchev–Trinajstić information content (AvgIpc) is 2.50. The molecule has 0 saturated carbocycles. The highest BCUT2D eigenvalue weighted by molar-refractivity contribution is 5.22. The summed E-state index contributed by atoms with van der Waals surface area (Å²) >= 11 is 0. The average molecular weight is 244 g/mol. The maximum Gasteiger partial charge on any atom is 0.455 e. The Balaban J connectivity index is 2.50. The van der Waals surface area contributed by atoms with Crippen molar-refractivity contribution in [2.45, 2.75) is 29.8 Å². The van der Waals surface area contributed by atoms with Gasteiger partial charge in [-0.3, -0.25) is 9.47 Å². The molecule has 3 atom stereocenters. The number of hydrogen-bond donors (Lipinski definition) is 0. The minimum atomic E-state index is -6.18. The van der Waals surface area contributed by atoms with E-state index in [0.29, 0.717) is 0 Å². The van der Waals surface area contributed by atoms with E-state index in [1.54, 1.807) is 0 Å². The molecule has 0 aromatic rings. The number of epoxide rings is 1. The molecule has 0 aromatic carbocycles. The van der Waals surface area contributed by atoms with Crippen LogP contribution in [0.1, 0.15) is 0 Å². The zero-order valence-corrected chi connectivity index (χ0v) is 6.34. The first-order chi connectivity index (χ1) is 6.41. The van der Waals surface area contributed by atoms with Crippen molar-refractivity contribution in [3.05, 3.63) is 0 Å². The lowest BCUT2D eigenvalue weighted by Gasteiger charge is -2.25. The summed E-state index contributed by atoms with van der Waals surface area (Å²) in [6.45, 7) is 0. The fraction of sp³-hybridized carbons (Fsp3) is 1.00. The number of rotatable bonds is 0. The summed E-state index contributed by atoms with van der Waals surface area (Å²) < 4.78 is 104. The smallest absolute Gasteiger partial charge is 0.287 e. The van der Waals surface area contributed by atoms with Gasteiger partial charge in [0.2, 0.25) is 0 Å². The Kier molecular flexibility index (Phi) is 1.50. The van der Waals surface area contributed by atoms with Crippen molar-refractivity contribution < 1.29 is 44.6 Å². The molecule has 0 amide bonds. The molecule has 2 saturated heterocycles. The highest BCUT2D eigenvalue weighted by atomic mass is 19.4. The SMILES string of the molecule is FC(F)(F)C1(F)OC(F)(F)C2(F)OC12F. The molecule has 2 rings (SSSR count). The topological polar surface area (TPSA) is 21.8 Å². The molecule has 2 fully saturated rings. The van der Waals surface area contributed by atoms with E-state index >= 15 is 0 Å². The Morgan fingerprint density at radius 1 is 0.733 bits per heavy atom. The molecule has 0 aromatic heterocycles. The molecule has 0 radical (unpaired) electrons. The molecular weight excluding hydrogens is 244 g/mol. The van der Waals surface area contributed by atoms with Gasteiger partial charge in [-0.25, -0.2) is 0 Å². The van der Waals surface area contributed by atoms with E-state index in [2.05, 4.69) is 9.47 Å². The number of ether oxygens (including phenoxy) is 2. The van der Waals surface area contributed by atoms with E-state index in [9.17, 15) is 35.1 Å². The molecule has 2 nitrogen and oxygen atoms in total. The van der Waals surface area contributed by atoms with Crippen molar-refractivity contribution in [1.29, 1.82) is 0 Å². The second kappa shape index (κ2) is 2.08. The second-order valence-electron chi connectivity index (χ2n) is 3.00. The Morgan fingerprint density at radius 3 is 1.33 bits per heavy atom. The van der Waals surface area contributed by atoms with Gasteiger partial charge in [-0.2, -0.15) is 35.1 Å². The van der Waals surface area contributed by atoms with Crippen LogP contribution in [-0.4, -0.2) is 29.8 Å². The third-order valence-corrected chi connectivity index (χ3v) is 2.07. The Labute approximate surface area is 75.7 Å². The molecule has 0 aliphatic carbocycles. The lowest BCUT2D eigenvalue weighted by molar-refractivity contribution is -0.432. The van der Waals surface area contributed by atoms with Crippen LogP contribution >= 0.6 is 0 Å². The molecular formula is C5F8O2. The summed E-state index contributed by atoms with van der Waals surface area (Å²) in [6, 6.07) is 0. The van der Waals surface area contributed by atoms with E-state index in [1.807, 2.05) is 0 Å². The molecule has 0 N–H and O–H groups in total. The van der Waals surface area contributed by atoms with Crippen molar-refractivity contribution >= 4 is 0 Å². The summed E-state index contributed by atoms with van der Waals surface area (Å²) in [5, 5.41) is 0. The van der Waals surface area contributed by atoms with Crippen LogP contribution in [0.3, 0.4) is 0 Å².